The molecule has 1 amide bonds. The van der Waals surface area contributed by atoms with Crippen molar-refractivity contribution in [2.45, 2.75) is 12.8 Å². The summed E-state index contributed by atoms with van der Waals surface area (Å²) in [5, 5.41) is 4.52. The zero-order valence-electron chi connectivity index (χ0n) is 7.38. The summed E-state index contributed by atoms with van der Waals surface area (Å²) in [5.74, 6) is -0.0265. The third-order valence-corrected chi connectivity index (χ3v) is 1.69. The lowest BCUT2D eigenvalue weighted by atomic mass is 10.3. The summed E-state index contributed by atoms with van der Waals surface area (Å²) in [6.07, 6.45) is 5.37. The summed E-state index contributed by atoms with van der Waals surface area (Å²) in [5.41, 5.74) is 5.30. The summed E-state index contributed by atoms with van der Waals surface area (Å²) in [6.45, 7) is 1.41. The van der Waals surface area contributed by atoms with Gasteiger partial charge in [-0.05, 0) is 31.1 Å². The van der Waals surface area contributed by atoms with Crippen LogP contribution in [0.5, 0.6) is 0 Å². The molecule has 0 heterocycles. The summed E-state index contributed by atoms with van der Waals surface area (Å²) in [4.78, 5) is 10.9. The smallest absolute Gasteiger partial charge is 0.244 e. The molecule has 0 saturated carbocycles. The van der Waals surface area contributed by atoms with Crippen molar-refractivity contribution < 1.29 is 4.79 Å². The van der Waals surface area contributed by atoms with Crippen LogP contribution in [0.15, 0.2) is 11.5 Å². The number of nitrogens with two attached hydrogens (primary N) is 1. The molecule has 0 bridgehead atoms. The van der Waals surface area contributed by atoms with Gasteiger partial charge < -0.3 is 11.1 Å². The van der Waals surface area contributed by atoms with Crippen LogP contribution in [0.4, 0.5) is 0 Å². The molecule has 0 aromatic carbocycles. The number of carbonyl (C=O) groups is 1. The van der Waals surface area contributed by atoms with Gasteiger partial charge in [0.15, 0.2) is 0 Å². The van der Waals surface area contributed by atoms with Crippen LogP contribution in [-0.2, 0) is 4.79 Å². The monoisotopic (exact) mass is 188 g/mol. The number of hydrogen-bond donors (Lipinski definition) is 2. The van der Waals surface area contributed by atoms with Crippen LogP contribution in [0.2, 0.25) is 0 Å². The summed E-state index contributed by atoms with van der Waals surface area (Å²) in [6, 6.07) is 0. The Hall–Kier alpha value is -0.480. The van der Waals surface area contributed by atoms with Crippen molar-refractivity contribution in [1.82, 2.24) is 5.32 Å². The fraction of sp³-hybridized carbons (Fsp3) is 0.625. The molecule has 0 aliphatic rings. The van der Waals surface area contributed by atoms with E-state index < -0.39 is 0 Å². The second kappa shape index (κ2) is 8.62. The van der Waals surface area contributed by atoms with Gasteiger partial charge >= 0.3 is 0 Å². The summed E-state index contributed by atoms with van der Waals surface area (Å²) >= 11 is 1.51. The molecule has 0 aromatic rings. The number of thioether (sulfide) groups is 1. The van der Waals surface area contributed by atoms with E-state index in [1.807, 2.05) is 6.26 Å². The highest BCUT2D eigenvalue weighted by atomic mass is 32.2. The molecule has 0 atom stereocenters. The average molecular weight is 188 g/mol. The number of nitrogens with one attached hydrogen (secondary N) is 1. The highest BCUT2D eigenvalue weighted by Crippen LogP contribution is 1.92. The van der Waals surface area contributed by atoms with Crippen molar-refractivity contribution in [2.75, 3.05) is 19.3 Å². The van der Waals surface area contributed by atoms with Crippen molar-refractivity contribution in [3.05, 3.63) is 11.5 Å². The number of unbranched alkanes of at least 4 members (excludes halogenated alkanes) is 1. The molecule has 12 heavy (non-hydrogen) atoms. The van der Waals surface area contributed by atoms with Crippen molar-refractivity contribution in [2.24, 2.45) is 5.73 Å². The molecule has 0 aromatic heterocycles. The highest BCUT2D eigenvalue weighted by Gasteiger charge is 1.92. The predicted octanol–water partition coefficient (Wildman–Crippen LogP) is 0.718. The van der Waals surface area contributed by atoms with E-state index in [2.05, 4.69) is 5.32 Å². The van der Waals surface area contributed by atoms with Crippen LogP contribution < -0.4 is 11.1 Å². The quantitative estimate of drug-likeness (QED) is 0.477. The van der Waals surface area contributed by atoms with Crippen LogP contribution in [0.3, 0.4) is 0 Å². The third kappa shape index (κ3) is 7.63. The summed E-state index contributed by atoms with van der Waals surface area (Å²) in [7, 11) is 0. The van der Waals surface area contributed by atoms with Crippen molar-refractivity contribution >= 4 is 17.7 Å². The second-order valence-corrected chi connectivity index (χ2v) is 3.07. The van der Waals surface area contributed by atoms with E-state index in [-0.39, 0.29) is 5.91 Å². The minimum atomic E-state index is -0.0265. The van der Waals surface area contributed by atoms with Crippen LogP contribution in [0.1, 0.15) is 12.8 Å². The molecule has 0 rings (SSSR count). The Morgan fingerprint density at radius 2 is 2.33 bits per heavy atom. The van der Waals surface area contributed by atoms with Crippen molar-refractivity contribution in [3.8, 4) is 0 Å². The standard InChI is InChI=1S/C8H16N2OS/c1-12-7-4-8(11)10-6-3-2-5-9/h4,7H,2-3,5-6,9H2,1H3,(H,10,11)/b7-4+. The van der Waals surface area contributed by atoms with E-state index in [0.29, 0.717) is 6.54 Å². The maximum Gasteiger partial charge on any atom is 0.244 e. The lowest BCUT2D eigenvalue weighted by Crippen LogP contribution is -2.22. The molecule has 3 N–H and O–H groups in total. The molecule has 0 radical (unpaired) electrons. The van der Waals surface area contributed by atoms with E-state index >= 15 is 0 Å². The number of amides is 1. The molecule has 0 fully saturated rings. The molecular weight excluding hydrogens is 172 g/mol. The van der Waals surface area contributed by atoms with Crippen LogP contribution in [0.25, 0.3) is 0 Å². The van der Waals surface area contributed by atoms with E-state index in [1.165, 1.54) is 17.8 Å². The van der Waals surface area contributed by atoms with Crippen LogP contribution in [-0.4, -0.2) is 25.3 Å². The first-order chi connectivity index (χ1) is 5.81. The Morgan fingerprint density at radius 3 is 2.92 bits per heavy atom. The van der Waals surface area contributed by atoms with Gasteiger partial charge in [0.2, 0.25) is 5.91 Å². The molecular formula is C8H16N2OS. The molecule has 0 unspecified atom stereocenters. The van der Waals surface area contributed by atoms with Crippen molar-refractivity contribution in [3.63, 3.8) is 0 Å². The molecule has 0 spiro atoms. The Bertz CT molecular complexity index is 148. The lowest BCUT2D eigenvalue weighted by Gasteiger charge is -1.99. The van der Waals surface area contributed by atoms with E-state index in [0.717, 1.165) is 19.4 Å². The zero-order valence-corrected chi connectivity index (χ0v) is 8.19. The van der Waals surface area contributed by atoms with E-state index in [1.54, 1.807) is 5.41 Å². The van der Waals surface area contributed by atoms with Crippen molar-refractivity contribution in [1.29, 1.82) is 0 Å². The van der Waals surface area contributed by atoms with Gasteiger partial charge in [-0.2, -0.15) is 0 Å². The largest absolute Gasteiger partial charge is 0.353 e. The maximum atomic E-state index is 10.9. The lowest BCUT2D eigenvalue weighted by molar-refractivity contribution is -0.116. The molecule has 0 saturated heterocycles. The van der Waals surface area contributed by atoms with Gasteiger partial charge in [0.05, 0.1) is 0 Å². The Kier molecular flexibility index (Phi) is 8.27. The number of carbonyl (C=O) groups excluding carboxylic acids is 1. The Balaban J connectivity index is 3.25. The minimum absolute atomic E-state index is 0.0265. The van der Waals surface area contributed by atoms with Gasteiger partial charge in [0.25, 0.3) is 0 Å². The van der Waals surface area contributed by atoms with E-state index in [4.69, 9.17) is 5.73 Å². The zero-order chi connectivity index (χ0) is 9.23. The first kappa shape index (κ1) is 11.5. The topological polar surface area (TPSA) is 55.1 Å². The third-order valence-electron chi connectivity index (χ3n) is 1.29. The number of rotatable bonds is 6. The highest BCUT2D eigenvalue weighted by molar-refractivity contribution is 8.01. The first-order valence-corrected chi connectivity index (χ1v) is 5.27. The van der Waals surface area contributed by atoms with Crippen LogP contribution in [0, 0.1) is 0 Å². The fourth-order valence-electron chi connectivity index (χ4n) is 0.670. The van der Waals surface area contributed by atoms with Gasteiger partial charge in [-0.15, -0.1) is 11.8 Å². The van der Waals surface area contributed by atoms with Crippen LogP contribution >= 0.6 is 11.8 Å². The van der Waals surface area contributed by atoms with Gasteiger partial charge in [0, 0.05) is 12.6 Å². The molecule has 4 heteroatoms. The van der Waals surface area contributed by atoms with Gasteiger partial charge in [0.1, 0.15) is 0 Å². The number of hydrogen-bond acceptors (Lipinski definition) is 3. The maximum absolute atomic E-state index is 10.9. The van der Waals surface area contributed by atoms with E-state index in [9.17, 15) is 4.79 Å². The first-order valence-electron chi connectivity index (χ1n) is 3.98. The molecule has 3 nitrogen and oxygen atoms in total. The SMILES string of the molecule is CS/C=C/C(=O)NCCCCN. The van der Waals surface area contributed by atoms with Gasteiger partial charge in [-0.3, -0.25) is 4.79 Å². The summed E-state index contributed by atoms with van der Waals surface area (Å²) < 4.78 is 0. The minimum Gasteiger partial charge on any atom is -0.353 e. The van der Waals surface area contributed by atoms with Gasteiger partial charge in [-0.1, -0.05) is 0 Å². The van der Waals surface area contributed by atoms with Gasteiger partial charge in [-0.25, -0.2) is 0 Å². The molecule has 0 aliphatic carbocycles. The average Bonchev–Trinajstić information content (AvgIpc) is 2.09. The molecule has 0 aliphatic heterocycles. The molecule has 70 valence electrons. The predicted molar refractivity (Wildman–Crippen MR) is 54.0 cm³/mol. The Labute approximate surface area is 77.8 Å². The fourth-order valence-corrected chi connectivity index (χ4v) is 0.929. The normalized spacial score (nSPS) is 10.5. The second-order valence-electron chi connectivity index (χ2n) is 2.33. The Morgan fingerprint density at radius 1 is 1.58 bits per heavy atom.